The Kier molecular flexibility index (Phi) is 5.62. The summed E-state index contributed by atoms with van der Waals surface area (Å²) < 4.78 is 0. The summed E-state index contributed by atoms with van der Waals surface area (Å²) in [7, 11) is 0. The lowest BCUT2D eigenvalue weighted by Gasteiger charge is -2.33. The van der Waals surface area contributed by atoms with Gasteiger partial charge in [-0.2, -0.15) is 0 Å². The summed E-state index contributed by atoms with van der Waals surface area (Å²) in [6.45, 7) is 7.69. The Morgan fingerprint density at radius 1 is 1.38 bits per heavy atom. The monoisotopic (exact) mass is 289 g/mol. The van der Waals surface area contributed by atoms with Crippen molar-refractivity contribution in [3.8, 4) is 0 Å². The zero-order chi connectivity index (χ0) is 15.2. The van der Waals surface area contributed by atoms with E-state index in [0.717, 1.165) is 37.2 Å². The highest BCUT2D eigenvalue weighted by molar-refractivity contribution is 5.91. The van der Waals surface area contributed by atoms with Crippen LogP contribution in [-0.2, 0) is 4.79 Å². The summed E-state index contributed by atoms with van der Waals surface area (Å²) in [6, 6.07) is 7.31. The fourth-order valence-electron chi connectivity index (χ4n) is 2.94. The van der Waals surface area contributed by atoms with E-state index in [0.29, 0.717) is 12.1 Å². The fraction of sp³-hybridized carbons (Fsp3) is 0.588. The number of likely N-dealkylation sites (tertiary alicyclic amines) is 1. The predicted molar refractivity (Wildman–Crippen MR) is 88.1 cm³/mol. The number of carbonyl (C=O) groups excluding carboxylic acids is 1. The highest BCUT2D eigenvalue weighted by atomic mass is 16.1. The molecule has 1 aromatic rings. The number of nitrogens with two attached hydrogens (primary N) is 1. The number of nitrogens with zero attached hydrogens (tertiary/aromatic N) is 1. The average molecular weight is 289 g/mol. The third-order valence-electron chi connectivity index (χ3n) is 4.40. The predicted octanol–water partition coefficient (Wildman–Crippen LogP) is 2.97. The second-order valence-electron chi connectivity index (χ2n) is 6.35. The van der Waals surface area contributed by atoms with E-state index in [9.17, 15) is 4.79 Å². The van der Waals surface area contributed by atoms with E-state index in [1.165, 1.54) is 12.8 Å². The fourth-order valence-corrected chi connectivity index (χ4v) is 2.94. The number of carbonyl (C=O) groups is 1. The topological polar surface area (TPSA) is 58.4 Å². The quantitative estimate of drug-likeness (QED) is 0.819. The lowest BCUT2D eigenvalue weighted by atomic mass is 9.87. The van der Waals surface area contributed by atoms with Crippen LogP contribution >= 0.6 is 0 Å². The first-order chi connectivity index (χ1) is 10.0. The van der Waals surface area contributed by atoms with E-state index in [2.05, 4.69) is 24.1 Å². The van der Waals surface area contributed by atoms with Crippen LogP contribution in [0.4, 0.5) is 11.4 Å². The van der Waals surface area contributed by atoms with Gasteiger partial charge in [0.2, 0.25) is 5.91 Å². The summed E-state index contributed by atoms with van der Waals surface area (Å²) in [5, 5.41) is 2.90. The molecule has 1 heterocycles. The zero-order valence-electron chi connectivity index (χ0n) is 13.1. The molecule has 0 aromatic heterocycles. The van der Waals surface area contributed by atoms with Gasteiger partial charge in [0.15, 0.2) is 0 Å². The number of nitrogen functional groups attached to an aromatic ring is 1. The van der Waals surface area contributed by atoms with Gasteiger partial charge in [-0.1, -0.05) is 19.9 Å². The number of amides is 1. The van der Waals surface area contributed by atoms with Gasteiger partial charge >= 0.3 is 0 Å². The maximum absolute atomic E-state index is 12.0. The van der Waals surface area contributed by atoms with Crippen LogP contribution in [0.3, 0.4) is 0 Å². The molecule has 2 rings (SSSR count). The number of rotatable bonds is 5. The van der Waals surface area contributed by atoms with Crippen LogP contribution in [0.1, 0.15) is 33.1 Å². The second-order valence-corrected chi connectivity index (χ2v) is 6.35. The summed E-state index contributed by atoms with van der Waals surface area (Å²) >= 11 is 0. The number of piperidine rings is 1. The third kappa shape index (κ3) is 5.05. The SMILES string of the molecule is CC(C)C1CCN(CCC(=O)Nc2cccc(N)c2)CC1. The molecule has 0 radical (unpaired) electrons. The van der Waals surface area contributed by atoms with Crippen LogP contribution in [0.25, 0.3) is 0 Å². The highest BCUT2D eigenvalue weighted by Crippen LogP contribution is 2.24. The van der Waals surface area contributed by atoms with Crippen molar-refractivity contribution in [2.45, 2.75) is 33.1 Å². The summed E-state index contributed by atoms with van der Waals surface area (Å²) in [5.74, 6) is 1.69. The van der Waals surface area contributed by atoms with Crippen LogP contribution in [0, 0.1) is 11.8 Å². The van der Waals surface area contributed by atoms with Crippen molar-refractivity contribution in [1.82, 2.24) is 4.90 Å². The van der Waals surface area contributed by atoms with Gasteiger partial charge < -0.3 is 16.0 Å². The van der Waals surface area contributed by atoms with E-state index in [4.69, 9.17) is 5.73 Å². The van der Waals surface area contributed by atoms with E-state index in [1.54, 1.807) is 6.07 Å². The van der Waals surface area contributed by atoms with Gasteiger partial charge in [-0.3, -0.25) is 4.79 Å². The molecule has 1 aromatic carbocycles. The van der Waals surface area contributed by atoms with Crippen molar-refractivity contribution in [2.24, 2.45) is 11.8 Å². The number of hydrogen-bond donors (Lipinski definition) is 2. The maximum atomic E-state index is 12.0. The van der Waals surface area contributed by atoms with E-state index < -0.39 is 0 Å². The first-order valence-corrected chi connectivity index (χ1v) is 7.92. The van der Waals surface area contributed by atoms with Gasteiger partial charge in [0.1, 0.15) is 0 Å². The van der Waals surface area contributed by atoms with Gasteiger partial charge in [-0.25, -0.2) is 0 Å². The molecule has 0 unspecified atom stereocenters. The van der Waals surface area contributed by atoms with Crippen molar-refractivity contribution in [3.63, 3.8) is 0 Å². The molecule has 1 aliphatic rings. The van der Waals surface area contributed by atoms with Crippen molar-refractivity contribution in [1.29, 1.82) is 0 Å². The first kappa shape index (κ1) is 15.8. The Bertz CT molecular complexity index is 465. The van der Waals surface area contributed by atoms with E-state index in [-0.39, 0.29) is 5.91 Å². The Labute approximate surface area is 127 Å². The molecule has 0 aliphatic carbocycles. The van der Waals surface area contributed by atoms with Gasteiger partial charge in [0.05, 0.1) is 0 Å². The molecular formula is C17H27N3O. The maximum Gasteiger partial charge on any atom is 0.225 e. The molecule has 3 N–H and O–H groups in total. The number of benzene rings is 1. The number of hydrogen-bond acceptors (Lipinski definition) is 3. The minimum atomic E-state index is 0.0617. The largest absolute Gasteiger partial charge is 0.399 e. The molecule has 0 saturated carbocycles. The number of nitrogens with one attached hydrogen (secondary N) is 1. The van der Waals surface area contributed by atoms with E-state index in [1.807, 2.05) is 18.2 Å². The summed E-state index contributed by atoms with van der Waals surface area (Å²) in [6.07, 6.45) is 3.06. The van der Waals surface area contributed by atoms with Gasteiger partial charge in [-0.05, 0) is 56.0 Å². The standard InChI is InChI=1S/C17H27N3O/c1-13(2)14-6-9-20(10-7-14)11-8-17(21)19-16-5-3-4-15(18)12-16/h3-5,12-14H,6-11,18H2,1-2H3,(H,19,21). The van der Waals surface area contributed by atoms with Crippen LogP contribution in [-0.4, -0.2) is 30.4 Å². The van der Waals surface area contributed by atoms with Crippen molar-refractivity contribution in [3.05, 3.63) is 24.3 Å². The molecule has 1 fully saturated rings. The Balaban J connectivity index is 1.70. The van der Waals surface area contributed by atoms with Gasteiger partial charge in [-0.15, -0.1) is 0 Å². The molecule has 4 nitrogen and oxygen atoms in total. The minimum absolute atomic E-state index is 0.0617. The lowest BCUT2D eigenvalue weighted by Crippen LogP contribution is -2.37. The Morgan fingerprint density at radius 2 is 2.10 bits per heavy atom. The van der Waals surface area contributed by atoms with Crippen LogP contribution in [0.5, 0.6) is 0 Å². The molecular weight excluding hydrogens is 262 g/mol. The smallest absolute Gasteiger partial charge is 0.225 e. The molecule has 1 saturated heterocycles. The highest BCUT2D eigenvalue weighted by Gasteiger charge is 2.21. The number of anilines is 2. The molecule has 0 spiro atoms. The van der Waals surface area contributed by atoms with Gasteiger partial charge in [0.25, 0.3) is 0 Å². The van der Waals surface area contributed by atoms with Crippen LogP contribution < -0.4 is 11.1 Å². The average Bonchev–Trinajstić information content (AvgIpc) is 2.45. The summed E-state index contributed by atoms with van der Waals surface area (Å²) in [5.41, 5.74) is 7.15. The Hall–Kier alpha value is -1.55. The van der Waals surface area contributed by atoms with Crippen molar-refractivity contribution in [2.75, 3.05) is 30.7 Å². The van der Waals surface area contributed by atoms with Crippen molar-refractivity contribution >= 4 is 17.3 Å². The molecule has 4 heteroatoms. The first-order valence-electron chi connectivity index (χ1n) is 7.92. The van der Waals surface area contributed by atoms with Crippen LogP contribution in [0.2, 0.25) is 0 Å². The molecule has 0 atom stereocenters. The second kappa shape index (κ2) is 7.46. The third-order valence-corrected chi connectivity index (χ3v) is 4.40. The summed E-state index contributed by atoms with van der Waals surface area (Å²) in [4.78, 5) is 14.4. The Morgan fingerprint density at radius 3 is 2.71 bits per heavy atom. The zero-order valence-corrected chi connectivity index (χ0v) is 13.1. The van der Waals surface area contributed by atoms with Gasteiger partial charge in [0, 0.05) is 24.3 Å². The lowest BCUT2D eigenvalue weighted by molar-refractivity contribution is -0.116. The normalized spacial score (nSPS) is 17.1. The molecule has 116 valence electrons. The molecule has 0 bridgehead atoms. The van der Waals surface area contributed by atoms with Crippen molar-refractivity contribution < 1.29 is 4.79 Å². The molecule has 1 aliphatic heterocycles. The molecule has 1 amide bonds. The molecule has 21 heavy (non-hydrogen) atoms. The van der Waals surface area contributed by atoms with E-state index >= 15 is 0 Å². The minimum Gasteiger partial charge on any atom is -0.399 e. The van der Waals surface area contributed by atoms with Crippen LogP contribution in [0.15, 0.2) is 24.3 Å².